The molecule has 3 rings (SSSR count). The molecule has 1 heterocycles. The second-order valence-corrected chi connectivity index (χ2v) is 7.30. The Balaban J connectivity index is 1.83. The van der Waals surface area contributed by atoms with Gasteiger partial charge in [0.25, 0.3) is 5.91 Å². The molecule has 31 heavy (non-hydrogen) atoms. The zero-order chi connectivity index (χ0) is 22.2. The lowest BCUT2D eigenvalue weighted by Gasteiger charge is -2.26. The summed E-state index contributed by atoms with van der Waals surface area (Å²) in [6.45, 7) is 2.46. The van der Waals surface area contributed by atoms with Crippen molar-refractivity contribution in [2.75, 3.05) is 11.5 Å². The number of benzene rings is 2. The van der Waals surface area contributed by atoms with E-state index in [1.165, 1.54) is 0 Å². The maximum atomic E-state index is 12.6. The predicted octanol–water partition coefficient (Wildman–Crippen LogP) is 4.63. The highest BCUT2D eigenvalue weighted by Crippen LogP contribution is 2.19. The average Bonchev–Trinajstić information content (AvgIpc) is 2.79. The first-order valence-electron chi connectivity index (χ1n) is 9.52. The van der Waals surface area contributed by atoms with Gasteiger partial charge in [-0.25, -0.2) is 4.79 Å². The Hall–Kier alpha value is -3.29. The normalized spacial score (nSPS) is 10.3. The third-order valence-corrected chi connectivity index (χ3v) is 4.93. The van der Waals surface area contributed by atoms with E-state index < -0.39 is 5.97 Å². The Morgan fingerprint density at radius 3 is 2.23 bits per heavy atom. The van der Waals surface area contributed by atoms with E-state index in [9.17, 15) is 9.59 Å². The molecule has 8 heteroatoms. The molecule has 0 aliphatic rings. The highest BCUT2D eigenvalue weighted by molar-refractivity contribution is 7.80. The molecule has 0 bridgehead atoms. The largest absolute Gasteiger partial charge is 0.462 e. The van der Waals surface area contributed by atoms with Crippen LogP contribution in [0.1, 0.15) is 33.2 Å². The zero-order valence-electron chi connectivity index (χ0n) is 16.7. The van der Waals surface area contributed by atoms with E-state index in [0.717, 1.165) is 5.56 Å². The van der Waals surface area contributed by atoms with Crippen LogP contribution in [0.4, 0.5) is 5.69 Å². The van der Waals surface area contributed by atoms with E-state index >= 15 is 0 Å². The van der Waals surface area contributed by atoms with Crippen molar-refractivity contribution in [2.45, 2.75) is 13.5 Å². The molecule has 0 atom stereocenters. The molecule has 0 aliphatic carbocycles. The van der Waals surface area contributed by atoms with Crippen molar-refractivity contribution in [1.29, 1.82) is 0 Å². The van der Waals surface area contributed by atoms with Crippen LogP contribution >= 0.6 is 23.8 Å². The fraction of sp³-hybridized carbons (Fsp3) is 0.130. The molecule has 0 fully saturated rings. The van der Waals surface area contributed by atoms with Gasteiger partial charge in [0.15, 0.2) is 5.11 Å². The summed E-state index contributed by atoms with van der Waals surface area (Å²) in [5.41, 5.74) is 2.54. The summed E-state index contributed by atoms with van der Waals surface area (Å²) in [5.74, 6) is -0.738. The number of ether oxygens (including phenoxy) is 1. The number of pyridine rings is 1. The molecule has 158 valence electrons. The lowest BCUT2D eigenvalue weighted by Crippen LogP contribution is -2.42. The fourth-order valence-corrected chi connectivity index (χ4v) is 3.17. The molecule has 1 aromatic heterocycles. The summed E-state index contributed by atoms with van der Waals surface area (Å²) < 4.78 is 5.03. The average molecular weight is 454 g/mol. The van der Waals surface area contributed by atoms with Crippen LogP contribution in [0.5, 0.6) is 0 Å². The molecule has 1 amide bonds. The van der Waals surface area contributed by atoms with Crippen molar-refractivity contribution in [3.8, 4) is 0 Å². The standard InChI is InChI=1S/C23H20ClN3O3S/c1-2-30-22(29)18-5-9-20(10-6-18)27(15-16-11-13-25-14-12-16)23(31)26-21(28)17-3-7-19(24)8-4-17/h3-14H,2,15H2,1H3,(H,26,28,31). The highest BCUT2D eigenvalue weighted by atomic mass is 35.5. The van der Waals surface area contributed by atoms with E-state index in [4.69, 9.17) is 28.6 Å². The van der Waals surface area contributed by atoms with Crippen LogP contribution in [0.3, 0.4) is 0 Å². The molecule has 2 aromatic carbocycles. The molecular formula is C23H20ClN3O3S. The second kappa shape index (κ2) is 10.7. The Bertz CT molecular complexity index is 1060. The number of hydrogen-bond acceptors (Lipinski definition) is 5. The van der Waals surface area contributed by atoms with Gasteiger partial charge in [-0.1, -0.05) is 11.6 Å². The van der Waals surface area contributed by atoms with Gasteiger partial charge in [0.2, 0.25) is 0 Å². The maximum Gasteiger partial charge on any atom is 0.338 e. The molecule has 3 aromatic rings. The second-order valence-electron chi connectivity index (χ2n) is 6.48. The molecule has 0 aliphatic heterocycles. The van der Waals surface area contributed by atoms with Crippen LogP contribution in [-0.4, -0.2) is 28.6 Å². The molecular weight excluding hydrogens is 434 g/mol. The Labute approximate surface area is 190 Å². The molecule has 0 spiro atoms. The van der Waals surface area contributed by atoms with Crippen molar-refractivity contribution in [3.63, 3.8) is 0 Å². The number of hydrogen-bond donors (Lipinski definition) is 1. The van der Waals surface area contributed by atoms with Crippen LogP contribution in [0.15, 0.2) is 73.1 Å². The number of carbonyl (C=O) groups excluding carboxylic acids is 2. The first kappa shape index (κ1) is 22.4. The number of nitrogens with zero attached hydrogens (tertiary/aromatic N) is 2. The van der Waals surface area contributed by atoms with Gasteiger partial charge in [-0.05, 0) is 85.4 Å². The molecule has 0 radical (unpaired) electrons. The first-order valence-corrected chi connectivity index (χ1v) is 10.3. The van der Waals surface area contributed by atoms with Gasteiger partial charge in [-0.3, -0.25) is 15.1 Å². The van der Waals surface area contributed by atoms with Crippen molar-refractivity contribution in [2.24, 2.45) is 0 Å². The third-order valence-electron chi connectivity index (χ3n) is 4.35. The predicted molar refractivity (Wildman–Crippen MR) is 124 cm³/mol. The summed E-state index contributed by atoms with van der Waals surface area (Å²) in [6, 6.07) is 17.1. The van der Waals surface area contributed by atoms with Gasteiger partial charge in [-0.2, -0.15) is 0 Å². The van der Waals surface area contributed by atoms with Crippen molar-refractivity contribution < 1.29 is 14.3 Å². The van der Waals surface area contributed by atoms with Gasteiger partial charge in [0.1, 0.15) is 0 Å². The van der Waals surface area contributed by atoms with Crippen molar-refractivity contribution in [3.05, 3.63) is 94.8 Å². The quantitative estimate of drug-likeness (QED) is 0.433. The SMILES string of the molecule is CCOC(=O)c1ccc(N(Cc2ccncc2)C(=S)NC(=O)c2ccc(Cl)cc2)cc1. The number of aromatic nitrogens is 1. The number of rotatable bonds is 6. The summed E-state index contributed by atoms with van der Waals surface area (Å²) in [5, 5.41) is 3.52. The number of nitrogens with one attached hydrogen (secondary N) is 1. The van der Waals surface area contributed by atoms with Crippen LogP contribution in [0.2, 0.25) is 5.02 Å². The van der Waals surface area contributed by atoms with Crippen molar-refractivity contribution in [1.82, 2.24) is 10.3 Å². The first-order chi connectivity index (χ1) is 15.0. The van der Waals surface area contributed by atoms with Crippen LogP contribution < -0.4 is 10.2 Å². The topological polar surface area (TPSA) is 71.5 Å². The van der Waals surface area contributed by atoms with E-state index in [1.807, 2.05) is 12.1 Å². The van der Waals surface area contributed by atoms with Crippen molar-refractivity contribution >= 4 is 46.5 Å². The summed E-state index contributed by atoms with van der Waals surface area (Å²) in [7, 11) is 0. The lowest BCUT2D eigenvalue weighted by molar-refractivity contribution is 0.0526. The Kier molecular flexibility index (Phi) is 7.70. The molecule has 0 unspecified atom stereocenters. The molecule has 0 saturated heterocycles. The van der Waals surface area contributed by atoms with Gasteiger partial charge in [0, 0.05) is 28.7 Å². The Morgan fingerprint density at radius 1 is 1.00 bits per heavy atom. The van der Waals surface area contributed by atoms with Gasteiger partial charge >= 0.3 is 5.97 Å². The van der Waals surface area contributed by atoms with E-state index in [1.54, 1.807) is 72.7 Å². The van der Waals surface area contributed by atoms with Crippen LogP contribution in [-0.2, 0) is 11.3 Å². The Morgan fingerprint density at radius 2 is 1.61 bits per heavy atom. The monoisotopic (exact) mass is 453 g/mol. The minimum atomic E-state index is -0.395. The minimum absolute atomic E-state index is 0.223. The minimum Gasteiger partial charge on any atom is -0.462 e. The molecule has 0 saturated carbocycles. The molecule has 1 N–H and O–H groups in total. The summed E-state index contributed by atoms with van der Waals surface area (Å²) >= 11 is 11.4. The highest BCUT2D eigenvalue weighted by Gasteiger charge is 2.17. The summed E-state index contributed by atoms with van der Waals surface area (Å²) in [4.78, 5) is 30.4. The van der Waals surface area contributed by atoms with E-state index in [-0.39, 0.29) is 11.0 Å². The van der Waals surface area contributed by atoms with Gasteiger partial charge in [0.05, 0.1) is 18.7 Å². The number of amides is 1. The van der Waals surface area contributed by atoms with Gasteiger partial charge < -0.3 is 9.64 Å². The van der Waals surface area contributed by atoms with Crippen LogP contribution in [0.25, 0.3) is 0 Å². The maximum absolute atomic E-state index is 12.6. The number of anilines is 1. The fourth-order valence-electron chi connectivity index (χ4n) is 2.78. The van der Waals surface area contributed by atoms with Gasteiger partial charge in [-0.15, -0.1) is 0 Å². The number of thiocarbonyl (C=S) groups is 1. The third kappa shape index (κ3) is 6.10. The molecule has 6 nitrogen and oxygen atoms in total. The van der Waals surface area contributed by atoms with E-state index in [2.05, 4.69) is 10.3 Å². The van der Waals surface area contributed by atoms with E-state index in [0.29, 0.717) is 35.0 Å². The smallest absolute Gasteiger partial charge is 0.338 e. The zero-order valence-corrected chi connectivity index (χ0v) is 18.3. The number of carbonyl (C=O) groups is 2. The number of esters is 1. The van der Waals surface area contributed by atoms with Crippen LogP contribution in [0, 0.1) is 0 Å². The lowest BCUT2D eigenvalue weighted by atomic mass is 10.1. The summed E-state index contributed by atoms with van der Waals surface area (Å²) in [6.07, 6.45) is 3.37. The number of halogens is 1.